The zero-order chi connectivity index (χ0) is 16.8. The van der Waals surface area contributed by atoms with E-state index in [0.717, 1.165) is 38.8 Å². The molecule has 3 aliphatic heterocycles. The Hall–Kier alpha value is -0.850. The molecule has 0 aromatic carbocycles. The van der Waals surface area contributed by atoms with Gasteiger partial charge in [0.1, 0.15) is 0 Å². The molecule has 0 saturated carbocycles. The van der Waals surface area contributed by atoms with Crippen molar-refractivity contribution < 1.29 is 4.74 Å². The van der Waals surface area contributed by atoms with Gasteiger partial charge in [0.2, 0.25) is 0 Å². The number of guanidine groups is 1. The van der Waals surface area contributed by atoms with Gasteiger partial charge in [0.05, 0.1) is 6.61 Å². The van der Waals surface area contributed by atoms with E-state index in [1.165, 1.54) is 58.4 Å². The van der Waals surface area contributed by atoms with Gasteiger partial charge in [-0.1, -0.05) is 0 Å². The van der Waals surface area contributed by atoms with Gasteiger partial charge in [-0.15, -0.1) is 0 Å². The number of piperazine rings is 1. The third kappa shape index (κ3) is 4.61. The number of unbranched alkanes of at least 4 members (excludes halogenated alkanes) is 1. The van der Waals surface area contributed by atoms with Crippen molar-refractivity contribution in [1.82, 2.24) is 20.0 Å². The van der Waals surface area contributed by atoms with Crippen molar-refractivity contribution in [3.8, 4) is 0 Å². The molecule has 6 nitrogen and oxygen atoms in total. The van der Waals surface area contributed by atoms with Gasteiger partial charge < -0.3 is 24.8 Å². The fourth-order valence-corrected chi connectivity index (χ4v) is 4.15. The number of nitrogens with zero attached hydrogens (tertiary/aromatic N) is 4. The number of nitrogens with one attached hydrogen (secondary N) is 1. The van der Waals surface area contributed by atoms with E-state index in [9.17, 15) is 0 Å². The third-order valence-electron chi connectivity index (χ3n) is 5.91. The monoisotopic (exact) mass is 337 g/mol. The van der Waals surface area contributed by atoms with Gasteiger partial charge in [-0.3, -0.25) is 4.99 Å². The minimum atomic E-state index is 0.402. The predicted molar refractivity (Wildman–Crippen MR) is 98.6 cm³/mol. The topological polar surface area (TPSA) is 43.3 Å². The molecule has 24 heavy (non-hydrogen) atoms. The molecule has 1 N–H and O–H groups in total. The molecule has 0 amide bonds. The molecule has 1 spiro atoms. The molecular weight excluding hydrogens is 302 g/mol. The Morgan fingerprint density at radius 1 is 1.12 bits per heavy atom. The normalized spacial score (nSPS) is 29.8. The molecule has 0 radical (unpaired) electrons. The lowest BCUT2D eigenvalue weighted by Gasteiger charge is -2.32. The lowest BCUT2D eigenvalue weighted by molar-refractivity contribution is 0.152. The Morgan fingerprint density at radius 2 is 1.96 bits per heavy atom. The summed E-state index contributed by atoms with van der Waals surface area (Å²) in [6.07, 6.45) is 4.95. The van der Waals surface area contributed by atoms with Gasteiger partial charge in [-0.2, -0.15) is 0 Å². The lowest BCUT2D eigenvalue weighted by Crippen LogP contribution is -2.45. The van der Waals surface area contributed by atoms with Crippen LogP contribution in [0.1, 0.15) is 25.7 Å². The molecule has 0 bridgehead atoms. The van der Waals surface area contributed by atoms with Gasteiger partial charge in [0.25, 0.3) is 0 Å². The maximum absolute atomic E-state index is 5.63. The van der Waals surface area contributed by atoms with Gasteiger partial charge in [0, 0.05) is 64.9 Å². The summed E-state index contributed by atoms with van der Waals surface area (Å²) in [7, 11) is 4.12. The Kier molecular flexibility index (Phi) is 6.36. The molecule has 3 heterocycles. The SMILES string of the molecule is CN=C(NCCCCN1CCN(C)CC1)N1CCC2(CCOC2)C1. The van der Waals surface area contributed by atoms with Crippen molar-refractivity contribution in [1.29, 1.82) is 0 Å². The zero-order valence-corrected chi connectivity index (χ0v) is 15.6. The van der Waals surface area contributed by atoms with Crippen LogP contribution < -0.4 is 5.32 Å². The summed E-state index contributed by atoms with van der Waals surface area (Å²) < 4.78 is 5.63. The molecule has 0 aromatic rings. The number of rotatable bonds is 5. The second-order valence-electron chi connectivity index (χ2n) is 7.80. The number of likely N-dealkylation sites (N-methyl/N-ethyl adjacent to an activating group) is 1. The van der Waals surface area contributed by atoms with E-state index in [1.807, 2.05) is 7.05 Å². The highest BCUT2D eigenvalue weighted by Crippen LogP contribution is 2.38. The van der Waals surface area contributed by atoms with E-state index in [0.29, 0.717) is 5.41 Å². The van der Waals surface area contributed by atoms with Crippen molar-refractivity contribution >= 4 is 5.96 Å². The molecule has 3 saturated heterocycles. The number of likely N-dealkylation sites (tertiary alicyclic amines) is 1. The summed E-state index contributed by atoms with van der Waals surface area (Å²) in [5.74, 6) is 1.08. The molecule has 138 valence electrons. The largest absolute Gasteiger partial charge is 0.381 e. The molecule has 3 rings (SSSR count). The molecule has 1 atom stereocenters. The Balaban J connectivity index is 1.31. The van der Waals surface area contributed by atoms with E-state index in [1.54, 1.807) is 0 Å². The van der Waals surface area contributed by atoms with E-state index in [-0.39, 0.29) is 0 Å². The maximum Gasteiger partial charge on any atom is 0.193 e. The van der Waals surface area contributed by atoms with Crippen molar-refractivity contribution in [3.05, 3.63) is 0 Å². The zero-order valence-electron chi connectivity index (χ0n) is 15.6. The second-order valence-corrected chi connectivity index (χ2v) is 7.80. The van der Waals surface area contributed by atoms with Gasteiger partial charge in [-0.05, 0) is 39.3 Å². The molecular formula is C18H35N5O. The fourth-order valence-electron chi connectivity index (χ4n) is 4.15. The highest BCUT2D eigenvalue weighted by Gasteiger charge is 2.42. The first-order chi connectivity index (χ1) is 11.7. The predicted octanol–water partition coefficient (Wildman–Crippen LogP) is 0.702. The summed E-state index contributed by atoms with van der Waals surface area (Å²) in [5, 5.41) is 3.57. The van der Waals surface area contributed by atoms with Crippen LogP contribution in [0.4, 0.5) is 0 Å². The van der Waals surface area contributed by atoms with E-state index < -0.39 is 0 Å². The van der Waals surface area contributed by atoms with E-state index in [2.05, 4.69) is 32.1 Å². The first kappa shape index (κ1) is 18.0. The van der Waals surface area contributed by atoms with Crippen LogP contribution in [0.2, 0.25) is 0 Å². The molecule has 1 unspecified atom stereocenters. The second kappa shape index (κ2) is 8.50. The van der Waals surface area contributed by atoms with Crippen molar-refractivity contribution in [2.24, 2.45) is 10.4 Å². The van der Waals surface area contributed by atoms with Crippen LogP contribution in [-0.4, -0.2) is 100 Å². The van der Waals surface area contributed by atoms with Crippen LogP contribution in [0.5, 0.6) is 0 Å². The summed E-state index contributed by atoms with van der Waals surface area (Å²) >= 11 is 0. The van der Waals surface area contributed by atoms with E-state index >= 15 is 0 Å². The minimum absolute atomic E-state index is 0.402. The standard InChI is InChI=1S/C18H35N5O/c1-19-17(23-9-5-18(15-23)6-14-24-16-18)20-7-3-4-8-22-12-10-21(2)11-13-22/h3-16H2,1-2H3,(H,19,20). The first-order valence-corrected chi connectivity index (χ1v) is 9.65. The van der Waals surface area contributed by atoms with Crippen LogP contribution in [0.15, 0.2) is 4.99 Å². The average molecular weight is 338 g/mol. The molecule has 6 heteroatoms. The summed E-state index contributed by atoms with van der Waals surface area (Å²) in [6, 6.07) is 0. The Bertz CT molecular complexity index is 414. The van der Waals surface area contributed by atoms with Gasteiger partial charge in [-0.25, -0.2) is 0 Å². The third-order valence-corrected chi connectivity index (χ3v) is 5.91. The molecule has 0 aromatic heterocycles. The quantitative estimate of drug-likeness (QED) is 0.455. The highest BCUT2D eigenvalue weighted by atomic mass is 16.5. The van der Waals surface area contributed by atoms with Gasteiger partial charge in [0.15, 0.2) is 5.96 Å². The first-order valence-electron chi connectivity index (χ1n) is 9.65. The van der Waals surface area contributed by atoms with Crippen LogP contribution >= 0.6 is 0 Å². The Morgan fingerprint density at radius 3 is 2.67 bits per heavy atom. The molecule has 0 aliphatic carbocycles. The van der Waals surface area contributed by atoms with Crippen molar-refractivity contribution in [2.75, 3.05) is 79.7 Å². The maximum atomic E-state index is 5.63. The van der Waals surface area contributed by atoms with Crippen LogP contribution in [0.3, 0.4) is 0 Å². The minimum Gasteiger partial charge on any atom is -0.381 e. The molecule has 3 fully saturated rings. The number of hydrogen-bond donors (Lipinski definition) is 1. The van der Waals surface area contributed by atoms with Crippen molar-refractivity contribution in [3.63, 3.8) is 0 Å². The smallest absolute Gasteiger partial charge is 0.193 e. The van der Waals surface area contributed by atoms with Crippen LogP contribution in [-0.2, 0) is 4.74 Å². The van der Waals surface area contributed by atoms with Crippen LogP contribution in [0.25, 0.3) is 0 Å². The van der Waals surface area contributed by atoms with Crippen LogP contribution in [0, 0.1) is 5.41 Å². The average Bonchev–Trinajstić information content (AvgIpc) is 3.23. The number of ether oxygens (including phenoxy) is 1. The summed E-state index contributed by atoms with van der Waals surface area (Å²) in [4.78, 5) is 11.9. The Labute approximate surface area is 147 Å². The van der Waals surface area contributed by atoms with E-state index in [4.69, 9.17) is 4.74 Å². The summed E-state index contributed by atoms with van der Waals surface area (Å²) in [5.41, 5.74) is 0.402. The number of aliphatic imine (C=N–C) groups is 1. The highest BCUT2D eigenvalue weighted by molar-refractivity contribution is 5.80. The summed E-state index contributed by atoms with van der Waals surface area (Å²) in [6.45, 7) is 11.2. The fraction of sp³-hybridized carbons (Fsp3) is 0.944. The van der Waals surface area contributed by atoms with Gasteiger partial charge >= 0.3 is 0 Å². The van der Waals surface area contributed by atoms with Crippen molar-refractivity contribution in [2.45, 2.75) is 25.7 Å². The number of hydrogen-bond acceptors (Lipinski definition) is 4. The lowest BCUT2D eigenvalue weighted by atomic mass is 9.87. The molecule has 3 aliphatic rings.